The minimum atomic E-state index is 0.0397. The first kappa shape index (κ1) is 13.3. The minimum absolute atomic E-state index is 0.0397. The van der Waals surface area contributed by atoms with Crippen LogP contribution in [0.1, 0.15) is 35.4 Å². The number of hydrogen-bond donors (Lipinski definition) is 2. The number of amides is 1. The first-order valence-corrected chi connectivity index (χ1v) is 7.14. The molecule has 1 atom stereocenters. The van der Waals surface area contributed by atoms with Crippen molar-refractivity contribution in [3.63, 3.8) is 0 Å². The Balaban J connectivity index is 1.94. The Morgan fingerprint density at radius 1 is 1.67 bits per heavy atom. The highest BCUT2D eigenvalue weighted by Gasteiger charge is 2.25. The van der Waals surface area contributed by atoms with Crippen LogP contribution in [0.2, 0.25) is 0 Å². The fourth-order valence-corrected chi connectivity index (χ4v) is 3.06. The molecule has 0 aliphatic carbocycles. The minimum Gasteiger partial charge on any atom is -0.396 e. The van der Waals surface area contributed by atoms with Gasteiger partial charge in [0.2, 0.25) is 0 Å². The number of aliphatic hydroxyl groups excluding tert-OH is 1. The summed E-state index contributed by atoms with van der Waals surface area (Å²) in [6.07, 6.45) is 5.55. The topological polar surface area (TPSA) is 79.5 Å². The number of carbonyl (C=O) groups is 1. The van der Waals surface area contributed by atoms with E-state index >= 15 is 0 Å². The second-order valence-electron chi connectivity index (χ2n) is 4.69. The van der Waals surface area contributed by atoms with Gasteiger partial charge in [-0.1, -0.05) is 11.3 Å². The Morgan fingerprint density at radius 3 is 3.17 bits per heavy atom. The summed E-state index contributed by atoms with van der Waals surface area (Å²) in [4.78, 5) is 18.6. The van der Waals surface area contributed by atoms with Gasteiger partial charge in [0.1, 0.15) is 4.88 Å². The van der Waals surface area contributed by atoms with Crippen LogP contribution in [0, 0.1) is 5.92 Å². The summed E-state index contributed by atoms with van der Waals surface area (Å²) in [5.41, 5.74) is 5.55. The van der Waals surface area contributed by atoms with Gasteiger partial charge in [0, 0.05) is 19.7 Å². The summed E-state index contributed by atoms with van der Waals surface area (Å²) in [7, 11) is 0. The van der Waals surface area contributed by atoms with Crippen molar-refractivity contribution in [3.8, 4) is 0 Å². The molecule has 3 N–H and O–H groups in total. The SMILES string of the molecule is Nc1ncc(C(=O)N2CCC[C@H](CCCO)C2)s1. The van der Waals surface area contributed by atoms with Crippen LogP contribution in [0.25, 0.3) is 0 Å². The van der Waals surface area contributed by atoms with Crippen molar-refractivity contribution in [1.82, 2.24) is 9.88 Å². The van der Waals surface area contributed by atoms with E-state index in [1.807, 2.05) is 4.90 Å². The lowest BCUT2D eigenvalue weighted by Crippen LogP contribution is -2.39. The molecule has 0 aromatic carbocycles. The number of aromatic nitrogens is 1. The molecule has 2 rings (SSSR count). The number of nitrogen functional groups attached to an aromatic ring is 1. The van der Waals surface area contributed by atoms with Crippen molar-refractivity contribution in [2.45, 2.75) is 25.7 Å². The molecule has 0 radical (unpaired) electrons. The van der Waals surface area contributed by atoms with E-state index in [0.29, 0.717) is 15.9 Å². The van der Waals surface area contributed by atoms with Crippen molar-refractivity contribution >= 4 is 22.4 Å². The monoisotopic (exact) mass is 269 g/mol. The van der Waals surface area contributed by atoms with Crippen molar-refractivity contribution in [1.29, 1.82) is 0 Å². The molecule has 0 bridgehead atoms. The maximum atomic E-state index is 12.2. The molecule has 1 saturated heterocycles. The summed E-state index contributed by atoms with van der Waals surface area (Å²) in [5, 5.41) is 9.29. The van der Waals surface area contributed by atoms with Crippen molar-refractivity contribution in [2.24, 2.45) is 5.92 Å². The molecule has 6 heteroatoms. The number of anilines is 1. The second kappa shape index (κ2) is 6.15. The highest BCUT2D eigenvalue weighted by atomic mass is 32.1. The molecule has 100 valence electrons. The van der Waals surface area contributed by atoms with E-state index in [4.69, 9.17) is 10.8 Å². The summed E-state index contributed by atoms with van der Waals surface area (Å²) in [6.45, 7) is 1.83. The number of thiazole rings is 1. The van der Waals surface area contributed by atoms with E-state index in [2.05, 4.69) is 4.98 Å². The molecule has 0 saturated carbocycles. The van der Waals surface area contributed by atoms with E-state index < -0.39 is 0 Å². The largest absolute Gasteiger partial charge is 0.396 e. The summed E-state index contributed by atoms with van der Waals surface area (Å²) in [6, 6.07) is 0. The molecule has 1 amide bonds. The van der Waals surface area contributed by atoms with Gasteiger partial charge >= 0.3 is 0 Å². The highest BCUT2D eigenvalue weighted by Crippen LogP contribution is 2.24. The van der Waals surface area contributed by atoms with Gasteiger partial charge in [-0.25, -0.2) is 4.98 Å². The van der Waals surface area contributed by atoms with Gasteiger partial charge in [-0.2, -0.15) is 0 Å². The molecule has 1 aliphatic heterocycles. The first-order chi connectivity index (χ1) is 8.70. The molecular formula is C12H19N3O2S. The summed E-state index contributed by atoms with van der Waals surface area (Å²) >= 11 is 1.24. The van der Waals surface area contributed by atoms with Gasteiger partial charge in [0.25, 0.3) is 5.91 Å². The van der Waals surface area contributed by atoms with E-state index in [1.165, 1.54) is 11.3 Å². The van der Waals surface area contributed by atoms with Crippen LogP contribution < -0.4 is 5.73 Å². The molecule has 18 heavy (non-hydrogen) atoms. The number of aliphatic hydroxyl groups is 1. The standard InChI is InChI=1S/C12H19N3O2S/c13-12-14-7-10(18-12)11(17)15-5-1-3-9(8-15)4-2-6-16/h7,9,16H,1-6,8H2,(H2,13,14)/t9-/m1/s1. The van der Waals surface area contributed by atoms with Gasteiger partial charge in [0.05, 0.1) is 6.20 Å². The maximum absolute atomic E-state index is 12.2. The maximum Gasteiger partial charge on any atom is 0.265 e. The molecular weight excluding hydrogens is 250 g/mol. The van der Waals surface area contributed by atoms with Crippen LogP contribution >= 0.6 is 11.3 Å². The van der Waals surface area contributed by atoms with Gasteiger partial charge in [-0.15, -0.1) is 0 Å². The fraction of sp³-hybridized carbons (Fsp3) is 0.667. The van der Waals surface area contributed by atoms with E-state index in [1.54, 1.807) is 6.20 Å². The third-order valence-corrected chi connectivity index (χ3v) is 4.13. The molecule has 2 heterocycles. The zero-order chi connectivity index (χ0) is 13.0. The van der Waals surface area contributed by atoms with Crippen LogP contribution in [0.15, 0.2) is 6.20 Å². The predicted octanol–water partition coefficient (Wildman–Crippen LogP) is 1.35. The zero-order valence-electron chi connectivity index (χ0n) is 10.3. The molecule has 0 unspecified atom stereocenters. The average molecular weight is 269 g/mol. The Kier molecular flexibility index (Phi) is 4.54. The smallest absolute Gasteiger partial charge is 0.265 e. The van der Waals surface area contributed by atoms with Crippen molar-refractivity contribution in [3.05, 3.63) is 11.1 Å². The molecule has 1 aliphatic rings. The third-order valence-electron chi connectivity index (χ3n) is 3.31. The number of hydrogen-bond acceptors (Lipinski definition) is 5. The molecule has 5 nitrogen and oxygen atoms in total. The lowest BCUT2D eigenvalue weighted by molar-refractivity contribution is 0.0668. The van der Waals surface area contributed by atoms with Crippen LogP contribution in [-0.4, -0.2) is 40.6 Å². The Bertz CT molecular complexity index is 408. The number of carbonyl (C=O) groups excluding carboxylic acids is 1. The zero-order valence-corrected chi connectivity index (χ0v) is 11.2. The third kappa shape index (κ3) is 3.20. The molecule has 1 aromatic rings. The Morgan fingerprint density at radius 2 is 2.50 bits per heavy atom. The van der Waals surface area contributed by atoms with Gasteiger partial charge in [-0.3, -0.25) is 4.79 Å². The summed E-state index contributed by atoms with van der Waals surface area (Å²) in [5.74, 6) is 0.554. The van der Waals surface area contributed by atoms with Crippen molar-refractivity contribution in [2.75, 3.05) is 25.4 Å². The van der Waals surface area contributed by atoms with E-state index in [0.717, 1.165) is 38.8 Å². The second-order valence-corrected chi connectivity index (χ2v) is 5.75. The number of likely N-dealkylation sites (tertiary alicyclic amines) is 1. The van der Waals surface area contributed by atoms with Gasteiger partial charge in [0.15, 0.2) is 5.13 Å². The Hall–Kier alpha value is -1.14. The predicted molar refractivity (Wildman–Crippen MR) is 71.5 cm³/mol. The normalized spacial score (nSPS) is 20.1. The number of nitrogens with zero attached hydrogens (tertiary/aromatic N) is 2. The van der Waals surface area contributed by atoms with E-state index in [9.17, 15) is 4.79 Å². The average Bonchev–Trinajstić information content (AvgIpc) is 2.82. The van der Waals surface area contributed by atoms with Crippen LogP contribution in [0.4, 0.5) is 5.13 Å². The lowest BCUT2D eigenvalue weighted by Gasteiger charge is -2.32. The van der Waals surface area contributed by atoms with Crippen LogP contribution in [-0.2, 0) is 0 Å². The fourth-order valence-electron chi connectivity index (χ4n) is 2.41. The number of piperidine rings is 1. The number of rotatable bonds is 4. The highest BCUT2D eigenvalue weighted by molar-refractivity contribution is 7.17. The number of nitrogens with two attached hydrogens (primary N) is 1. The van der Waals surface area contributed by atoms with Crippen molar-refractivity contribution < 1.29 is 9.90 Å². The summed E-state index contributed by atoms with van der Waals surface area (Å²) < 4.78 is 0. The first-order valence-electron chi connectivity index (χ1n) is 6.32. The molecule has 1 aromatic heterocycles. The Labute approximate surface area is 111 Å². The van der Waals surface area contributed by atoms with E-state index in [-0.39, 0.29) is 12.5 Å². The van der Waals surface area contributed by atoms with Gasteiger partial charge < -0.3 is 15.7 Å². The van der Waals surface area contributed by atoms with Crippen LogP contribution in [0.5, 0.6) is 0 Å². The molecule has 0 spiro atoms. The lowest BCUT2D eigenvalue weighted by atomic mass is 9.93. The van der Waals surface area contributed by atoms with Crippen LogP contribution in [0.3, 0.4) is 0 Å². The molecule has 1 fully saturated rings. The van der Waals surface area contributed by atoms with Gasteiger partial charge in [-0.05, 0) is 31.6 Å². The quantitative estimate of drug-likeness (QED) is 0.864.